The van der Waals surface area contributed by atoms with E-state index in [0.717, 1.165) is 38.5 Å². The zero-order valence-corrected chi connectivity index (χ0v) is 14.6. The van der Waals surface area contributed by atoms with Gasteiger partial charge in [-0.05, 0) is 18.8 Å². The fourth-order valence-corrected chi connectivity index (χ4v) is 3.46. The molecule has 2 aromatic rings. The first-order chi connectivity index (χ1) is 11.7. The number of nitrogens with zero attached hydrogens (tertiary/aromatic N) is 5. The third kappa shape index (κ3) is 3.29. The van der Waals surface area contributed by atoms with Crippen molar-refractivity contribution in [3.63, 3.8) is 0 Å². The predicted octanol–water partition coefficient (Wildman–Crippen LogP) is 2.52. The second kappa shape index (κ2) is 6.51. The Kier molecular flexibility index (Phi) is 4.22. The van der Waals surface area contributed by atoms with Crippen LogP contribution in [0.5, 0.6) is 0 Å². The quantitative estimate of drug-likeness (QED) is 0.915. The number of piperazine rings is 1. The van der Waals surface area contributed by atoms with Gasteiger partial charge in [0.05, 0.1) is 6.20 Å². The molecule has 6 nitrogen and oxygen atoms in total. The van der Waals surface area contributed by atoms with Gasteiger partial charge in [0.25, 0.3) is 0 Å². The van der Waals surface area contributed by atoms with Crippen molar-refractivity contribution in [3.05, 3.63) is 35.5 Å². The molecule has 2 fully saturated rings. The molecule has 24 heavy (non-hydrogen) atoms. The van der Waals surface area contributed by atoms with Crippen LogP contribution >= 0.6 is 0 Å². The Balaban J connectivity index is 1.36. The molecule has 0 spiro atoms. The Hall–Kier alpha value is -1.95. The minimum atomic E-state index is 0.491. The number of hydrogen-bond donors (Lipinski definition) is 1. The number of rotatable bonds is 5. The van der Waals surface area contributed by atoms with Gasteiger partial charge >= 0.3 is 0 Å². The van der Waals surface area contributed by atoms with Gasteiger partial charge in [-0.15, -0.1) is 0 Å². The lowest BCUT2D eigenvalue weighted by atomic mass is 10.1. The van der Waals surface area contributed by atoms with Crippen molar-refractivity contribution >= 4 is 5.82 Å². The number of H-pyrrole nitrogens is 1. The second-order valence-electron chi connectivity index (χ2n) is 7.30. The van der Waals surface area contributed by atoms with E-state index >= 15 is 0 Å². The zero-order valence-electron chi connectivity index (χ0n) is 14.6. The summed E-state index contributed by atoms with van der Waals surface area (Å²) in [7, 11) is 0. The van der Waals surface area contributed by atoms with E-state index in [1.807, 2.05) is 6.20 Å². The normalized spacial score (nSPS) is 19.2. The summed E-state index contributed by atoms with van der Waals surface area (Å²) in [5.41, 5.74) is 3.82. The largest absolute Gasteiger partial charge is 0.354 e. The molecule has 0 bridgehead atoms. The molecule has 2 aliphatic rings. The number of hydrogen-bond acceptors (Lipinski definition) is 5. The van der Waals surface area contributed by atoms with Crippen molar-refractivity contribution < 1.29 is 0 Å². The molecule has 0 atom stereocenters. The minimum absolute atomic E-state index is 0.491. The highest BCUT2D eigenvalue weighted by molar-refractivity contribution is 5.41. The predicted molar refractivity (Wildman–Crippen MR) is 94.2 cm³/mol. The molecule has 3 heterocycles. The molecular weight excluding hydrogens is 300 g/mol. The van der Waals surface area contributed by atoms with Crippen LogP contribution in [0.3, 0.4) is 0 Å². The van der Waals surface area contributed by atoms with Crippen molar-refractivity contribution in [3.8, 4) is 0 Å². The van der Waals surface area contributed by atoms with Crippen molar-refractivity contribution in [1.29, 1.82) is 0 Å². The summed E-state index contributed by atoms with van der Waals surface area (Å²) in [5, 5.41) is 7.37. The Morgan fingerprint density at radius 3 is 2.67 bits per heavy atom. The molecule has 1 saturated heterocycles. The monoisotopic (exact) mass is 326 g/mol. The van der Waals surface area contributed by atoms with E-state index in [4.69, 9.17) is 0 Å². The topological polar surface area (TPSA) is 60.9 Å². The number of nitrogens with one attached hydrogen (secondary N) is 1. The van der Waals surface area contributed by atoms with Gasteiger partial charge in [0.15, 0.2) is 0 Å². The molecular formula is C18H26N6. The van der Waals surface area contributed by atoms with Crippen molar-refractivity contribution in [1.82, 2.24) is 25.1 Å². The fourth-order valence-electron chi connectivity index (χ4n) is 3.46. The minimum Gasteiger partial charge on any atom is -0.354 e. The summed E-state index contributed by atoms with van der Waals surface area (Å²) in [5.74, 6) is 2.27. The molecule has 6 heteroatoms. The van der Waals surface area contributed by atoms with E-state index < -0.39 is 0 Å². The van der Waals surface area contributed by atoms with Gasteiger partial charge in [-0.3, -0.25) is 10.00 Å². The van der Waals surface area contributed by atoms with Crippen LogP contribution in [0.2, 0.25) is 0 Å². The molecule has 1 aliphatic carbocycles. The number of aromatic amines is 1. The Morgan fingerprint density at radius 1 is 1.17 bits per heavy atom. The summed E-state index contributed by atoms with van der Waals surface area (Å²) < 4.78 is 0. The van der Waals surface area contributed by atoms with Gasteiger partial charge in [0, 0.05) is 61.7 Å². The van der Waals surface area contributed by atoms with Crippen molar-refractivity contribution in [2.45, 2.75) is 45.1 Å². The highest BCUT2D eigenvalue weighted by Crippen LogP contribution is 2.39. The van der Waals surface area contributed by atoms with Gasteiger partial charge in [-0.2, -0.15) is 5.10 Å². The maximum Gasteiger partial charge on any atom is 0.132 e. The summed E-state index contributed by atoms with van der Waals surface area (Å²) in [6.07, 6.45) is 6.28. The van der Waals surface area contributed by atoms with Crippen LogP contribution in [-0.4, -0.2) is 51.2 Å². The molecule has 1 aliphatic heterocycles. The van der Waals surface area contributed by atoms with E-state index in [1.165, 1.54) is 29.8 Å². The lowest BCUT2D eigenvalue weighted by Crippen LogP contribution is -2.46. The highest BCUT2D eigenvalue weighted by atomic mass is 15.3. The maximum atomic E-state index is 4.49. The van der Waals surface area contributed by atoms with E-state index in [0.29, 0.717) is 11.8 Å². The van der Waals surface area contributed by atoms with Crippen LogP contribution in [0, 0.1) is 0 Å². The van der Waals surface area contributed by atoms with E-state index in [9.17, 15) is 0 Å². The van der Waals surface area contributed by atoms with Gasteiger partial charge in [0.2, 0.25) is 0 Å². The first-order valence-electron chi connectivity index (χ1n) is 9.02. The second-order valence-corrected chi connectivity index (χ2v) is 7.30. The van der Waals surface area contributed by atoms with Crippen molar-refractivity contribution in [2.75, 3.05) is 31.1 Å². The SMILES string of the molecule is CC(C)c1[nH]ncc1CN1CCN(c2cc(C3CC3)ncn2)CC1. The van der Waals surface area contributed by atoms with Crippen LogP contribution in [0.25, 0.3) is 0 Å². The third-order valence-corrected chi connectivity index (χ3v) is 5.09. The molecule has 1 saturated carbocycles. The van der Waals surface area contributed by atoms with Crippen LogP contribution in [0.15, 0.2) is 18.6 Å². The molecule has 0 unspecified atom stereocenters. The number of anilines is 1. The zero-order chi connectivity index (χ0) is 16.5. The summed E-state index contributed by atoms with van der Waals surface area (Å²) >= 11 is 0. The highest BCUT2D eigenvalue weighted by Gasteiger charge is 2.26. The standard InChI is InChI=1S/C18H26N6/c1-13(2)18-15(10-21-22-18)11-23-5-7-24(8-6-23)17-9-16(14-3-4-14)19-12-20-17/h9-10,12-14H,3-8,11H2,1-2H3,(H,21,22). The summed E-state index contributed by atoms with van der Waals surface area (Å²) in [4.78, 5) is 13.8. The fraction of sp³-hybridized carbons (Fsp3) is 0.611. The van der Waals surface area contributed by atoms with Crippen LogP contribution in [0.4, 0.5) is 5.82 Å². The van der Waals surface area contributed by atoms with Gasteiger partial charge < -0.3 is 4.90 Å². The summed E-state index contributed by atoms with van der Waals surface area (Å²) in [6.45, 7) is 9.57. The first kappa shape index (κ1) is 15.6. The smallest absolute Gasteiger partial charge is 0.132 e. The number of aromatic nitrogens is 4. The van der Waals surface area contributed by atoms with E-state index in [2.05, 4.69) is 49.9 Å². The van der Waals surface area contributed by atoms with Crippen molar-refractivity contribution in [2.24, 2.45) is 0 Å². The molecule has 128 valence electrons. The van der Waals surface area contributed by atoms with Gasteiger partial charge in [-0.1, -0.05) is 13.8 Å². The van der Waals surface area contributed by atoms with E-state index in [-0.39, 0.29) is 0 Å². The Bertz CT molecular complexity index is 682. The molecule has 4 rings (SSSR count). The van der Waals surface area contributed by atoms with Gasteiger partial charge in [0.1, 0.15) is 12.1 Å². The van der Waals surface area contributed by atoms with Gasteiger partial charge in [-0.25, -0.2) is 9.97 Å². The van der Waals surface area contributed by atoms with Crippen LogP contribution < -0.4 is 4.90 Å². The van der Waals surface area contributed by atoms with Crippen LogP contribution in [-0.2, 0) is 6.54 Å². The lowest BCUT2D eigenvalue weighted by molar-refractivity contribution is 0.248. The average molecular weight is 326 g/mol. The van der Waals surface area contributed by atoms with E-state index in [1.54, 1.807) is 6.33 Å². The third-order valence-electron chi connectivity index (χ3n) is 5.09. The lowest BCUT2D eigenvalue weighted by Gasteiger charge is -2.35. The summed E-state index contributed by atoms with van der Waals surface area (Å²) in [6, 6.07) is 2.19. The molecule has 1 N–H and O–H groups in total. The molecule has 0 radical (unpaired) electrons. The van der Waals surface area contributed by atoms with Crippen LogP contribution in [0.1, 0.15) is 55.5 Å². The average Bonchev–Trinajstić information content (AvgIpc) is 3.35. The Morgan fingerprint density at radius 2 is 1.96 bits per heavy atom. The Labute approximate surface area is 143 Å². The molecule has 0 amide bonds. The molecule has 0 aromatic carbocycles. The molecule has 2 aromatic heterocycles. The first-order valence-corrected chi connectivity index (χ1v) is 9.02. The maximum absolute atomic E-state index is 4.49.